The number of hydrogen-bond acceptors (Lipinski definition) is 4. The minimum absolute atomic E-state index is 0.170. The molecule has 0 aliphatic rings. The SMILES string of the molecule is Cc1cc(C)cc(OCn2ccc(C(=O)Nc3nn(Cc4ccc(F)cc4)cc3Cl)n2)c1. The first-order valence-corrected chi connectivity index (χ1v) is 10.3. The monoisotopic (exact) mass is 453 g/mol. The summed E-state index contributed by atoms with van der Waals surface area (Å²) >= 11 is 6.21. The van der Waals surface area contributed by atoms with E-state index in [0.29, 0.717) is 6.54 Å². The number of ether oxygens (including phenoxy) is 1. The molecule has 1 amide bonds. The van der Waals surface area contributed by atoms with Gasteiger partial charge in [-0.05, 0) is 60.9 Å². The molecule has 0 aliphatic heterocycles. The molecule has 0 unspecified atom stereocenters. The molecule has 7 nitrogen and oxygen atoms in total. The minimum atomic E-state index is -0.441. The number of aryl methyl sites for hydroxylation is 2. The Balaban J connectivity index is 1.37. The van der Waals surface area contributed by atoms with Crippen LogP contribution in [0.5, 0.6) is 5.75 Å². The first-order valence-electron chi connectivity index (χ1n) is 9.89. The van der Waals surface area contributed by atoms with Gasteiger partial charge in [0.2, 0.25) is 0 Å². The molecule has 0 bridgehead atoms. The summed E-state index contributed by atoms with van der Waals surface area (Å²) in [6.45, 7) is 4.56. The lowest BCUT2D eigenvalue weighted by Gasteiger charge is -2.08. The largest absolute Gasteiger partial charge is 0.471 e. The molecule has 164 valence electrons. The molecule has 32 heavy (non-hydrogen) atoms. The Kier molecular flexibility index (Phi) is 6.23. The van der Waals surface area contributed by atoms with Crippen molar-refractivity contribution in [3.8, 4) is 5.75 Å². The molecule has 0 radical (unpaired) electrons. The number of rotatable bonds is 7. The first kappa shape index (κ1) is 21.6. The van der Waals surface area contributed by atoms with Crippen molar-refractivity contribution >= 4 is 23.3 Å². The zero-order valence-corrected chi connectivity index (χ0v) is 18.3. The van der Waals surface area contributed by atoms with Gasteiger partial charge in [-0.25, -0.2) is 9.07 Å². The highest BCUT2D eigenvalue weighted by molar-refractivity contribution is 6.33. The number of nitrogens with zero attached hydrogens (tertiary/aromatic N) is 4. The smallest absolute Gasteiger partial charge is 0.277 e. The molecule has 0 atom stereocenters. The number of carbonyl (C=O) groups is 1. The van der Waals surface area contributed by atoms with Gasteiger partial charge in [0, 0.05) is 12.4 Å². The average molecular weight is 454 g/mol. The quantitative estimate of drug-likeness (QED) is 0.435. The predicted octanol–water partition coefficient (Wildman–Crippen LogP) is 4.83. The van der Waals surface area contributed by atoms with Gasteiger partial charge in [-0.2, -0.15) is 10.2 Å². The molecule has 0 saturated carbocycles. The number of nitrogens with one attached hydrogen (secondary N) is 1. The molecule has 2 heterocycles. The number of halogens is 2. The van der Waals surface area contributed by atoms with Crippen molar-refractivity contribution in [1.82, 2.24) is 19.6 Å². The fourth-order valence-electron chi connectivity index (χ4n) is 3.22. The van der Waals surface area contributed by atoms with E-state index >= 15 is 0 Å². The molecule has 2 aromatic heterocycles. The second-order valence-corrected chi connectivity index (χ2v) is 7.85. The van der Waals surface area contributed by atoms with Crippen molar-refractivity contribution in [3.05, 3.63) is 94.1 Å². The number of carbonyl (C=O) groups excluding carboxylic acids is 1. The number of benzene rings is 2. The zero-order valence-electron chi connectivity index (χ0n) is 17.5. The summed E-state index contributed by atoms with van der Waals surface area (Å²) in [7, 11) is 0. The molecule has 4 rings (SSSR count). The van der Waals surface area contributed by atoms with E-state index in [0.717, 1.165) is 22.4 Å². The van der Waals surface area contributed by atoms with E-state index in [1.54, 1.807) is 35.3 Å². The van der Waals surface area contributed by atoms with Crippen molar-refractivity contribution < 1.29 is 13.9 Å². The Labute approximate surface area is 189 Å². The maximum Gasteiger partial charge on any atom is 0.277 e. The van der Waals surface area contributed by atoms with Crippen LogP contribution < -0.4 is 10.1 Å². The van der Waals surface area contributed by atoms with Crippen LogP contribution in [-0.2, 0) is 13.3 Å². The van der Waals surface area contributed by atoms with E-state index in [1.165, 1.54) is 16.8 Å². The van der Waals surface area contributed by atoms with E-state index < -0.39 is 5.91 Å². The summed E-state index contributed by atoms with van der Waals surface area (Å²) in [6, 6.07) is 13.6. The van der Waals surface area contributed by atoms with E-state index in [-0.39, 0.29) is 29.1 Å². The Morgan fingerprint density at radius 3 is 2.50 bits per heavy atom. The normalized spacial score (nSPS) is 10.9. The number of hydrogen-bond donors (Lipinski definition) is 1. The average Bonchev–Trinajstić information content (AvgIpc) is 3.34. The van der Waals surface area contributed by atoms with Crippen LogP contribution in [0.4, 0.5) is 10.2 Å². The Morgan fingerprint density at radius 2 is 1.78 bits per heavy atom. The van der Waals surface area contributed by atoms with E-state index in [1.807, 2.05) is 26.0 Å². The van der Waals surface area contributed by atoms with Crippen LogP contribution in [0.1, 0.15) is 27.2 Å². The van der Waals surface area contributed by atoms with Gasteiger partial charge < -0.3 is 10.1 Å². The van der Waals surface area contributed by atoms with E-state index in [2.05, 4.69) is 21.6 Å². The molecule has 1 N–H and O–H groups in total. The van der Waals surface area contributed by atoms with Crippen LogP contribution in [0.2, 0.25) is 5.02 Å². The standard InChI is InChI=1S/C23H21ClFN5O2/c1-15-9-16(2)11-19(10-15)32-14-29-8-7-21(27-29)23(31)26-22-20(24)13-30(28-22)12-17-3-5-18(25)6-4-17/h3-11,13H,12,14H2,1-2H3,(H,26,28,31). The maximum absolute atomic E-state index is 13.1. The second-order valence-electron chi connectivity index (χ2n) is 7.44. The van der Waals surface area contributed by atoms with Gasteiger partial charge in [-0.15, -0.1) is 0 Å². The summed E-state index contributed by atoms with van der Waals surface area (Å²) in [5.74, 6) is 0.213. The van der Waals surface area contributed by atoms with Crippen LogP contribution in [0.3, 0.4) is 0 Å². The minimum Gasteiger partial charge on any atom is -0.471 e. The maximum atomic E-state index is 13.1. The molecule has 0 fully saturated rings. The van der Waals surface area contributed by atoms with Crippen molar-refractivity contribution in [2.45, 2.75) is 27.1 Å². The molecule has 0 aliphatic carbocycles. The van der Waals surface area contributed by atoms with E-state index in [9.17, 15) is 9.18 Å². The third-order valence-corrected chi connectivity index (χ3v) is 4.92. The van der Waals surface area contributed by atoms with Crippen LogP contribution >= 0.6 is 11.6 Å². The van der Waals surface area contributed by atoms with Crippen molar-refractivity contribution in [1.29, 1.82) is 0 Å². The fourth-order valence-corrected chi connectivity index (χ4v) is 3.42. The van der Waals surface area contributed by atoms with Gasteiger partial charge >= 0.3 is 0 Å². The topological polar surface area (TPSA) is 74.0 Å². The number of aromatic nitrogens is 4. The summed E-state index contributed by atoms with van der Waals surface area (Å²) in [5, 5.41) is 11.5. The van der Waals surface area contributed by atoms with Crippen LogP contribution in [0.15, 0.2) is 60.9 Å². The Morgan fingerprint density at radius 1 is 1.06 bits per heavy atom. The predicted molar refractivity (Wildman–Crippen MR) is 119 cm³/mol. The van der Waals surface area contributed by atoms with Gasteiger partial charge in [-0.1, -0.05) is 29.8 Å². The van der Waals surface area contributed by atoms with Gasteiger partial charge in [0.1, 0.15) is 16.6 Å². The third kappa shape index (κ3) is 5.33. The van der Waals surface area contributed by atoms with Gasteiger partial charge in [0.25, 0.3) is 5.91 Å². The third-order valence-electron chi connectivity index (χ3n) is 4.64. The van der Waals surface area contributed by atoms with Gasteiger partial charge in [0.15, 0.2) is 18.2 Å². The van der Waals surface area contributed by atoms with Gasteiger partial charge in [-0.3, -0.25) is 9.48 Å². The first-order chi connectivity index (χ1) is 15.4. The number of amides is 1. The van der Waals surface area contributed by atoms with Gasteiger partial charge in [0.05, 0.1) is 6.54 Å². The molecule has 4 aromatic rings. The van der Waals surface area contributed by atoms with Crippen LogP contribution in [0, 0.1) is 19.7 Å². The second kappa shape index (κ2) is 9.23. The summed E-state index contributed by atoms with van der Waals surface area (Å²) in [5.41, 5.74) is 3.27. The fraction of sp³-hybridized carbons (Fsp3) is 0.174. The highest BCUT2D eigenvalue weighted by Crippen LogP contribution is 2.21. The number of anilines is 1. The summed E-state index contributed by atoms with van der Waals surface area (Å²) in [6.07, 6.45) is 3.25. The molecule has 9 heteroatoms. The lowest BCUT2D eigenvalue weighted by molar-refractivity contribution is 0.101. The van der Waals surface area contributed by atoms with E-state index in [4.69, 9.17) is 16.3 Å². The molecule has 0 spiro atoms. The summed E-state index contributed by atoms with van der Waals surface area (Å²) < 4.78 is 21.9. The molecular formula is C23H21ClFN5O2. The van der Waals surface area contributed by atoms with Crippen LogP contribution in [0.25, 0.3) is 0 Å². The molecule has 2 aromatic carbocycles. The van der Waals surface area contributed by atoms with Crippen molar-refractivity contribution in [2.24, 2.45) is 0 Å². The lowest BCUT2D eigenvalue weighted by atomic mass is 10.1. The van der Waals surface area contributed by atoms with Crippen LogP contribution in [-0.4, -0.2) is 25.5 Å². The highest BCUT2D eigenvalue weighted by Gasteiger charge is 2.15. The lowest BCUT2D eigenvalue weighted by Crippen LogP contribution is -2.15. The molecule has 0 saturated heterocycles. The van der Waals surface area contributed by atoms with Crippen molar-refractivity contribution in [3.63, 3.8) is 0 Å². The Bertz CT molecular complexity index is 1230. The van der Waals surface area contributed by atoms with Crippen molar-refractivity contribution in [2.75, 3.05) is 5.32 Å². The Hall–Kier alpha value is -3.65. The zero-order chi connectivity index (χ0) is 22.7. The highest BCUT2D eigenvalue weighted by atomic mass is 35.5. The molecular weight excluding hydrogens is 433 g/mol. The summed E-state index contributed by atoms with van der Waals surface area (Å²) in [4.78, 5) is 12.6.